The number of hydrogen-bond donors (Lipinski definition) is 1. The molecule has 6 nitrogen and oxygen atoms in total. The Balaban J connectivity index is 1.43. The number of anilines is 1. The number of benzene rings is 2. The highest BCUT2D eigenvalue weighted by Crippen LogP contribution is 2.27. The fourth-order valence-corrected chi connectivity index (χ4v) is 5.92. The minimum absolute atomic E-state index is 0.316. The van der Waals surface area contributed by atoms with Crippen molar-refractivity contribution in [1.82, 2.24) is 9.29 Å². The Hall–Kier alpha value is -1.97. The van der Waals surface area contributed by atoms with Gasteiger partial charge in [-0.05, 0) is 37.1 Å². The number of aromatic nitrogens is 1. The van der Waals surface area contributed by atoms with Crippen LogP contribution in [0.25, 0.3) is 11.3 Å². The highest BCUT2D eigenvalue weighted by molar-refractivity contribution is 7.89. The summed E-state index contributed by atoms with van der Waals surface area (Å²) in [6.45, 7) is 1.18. The quantitative estimate of drug-likeness (QED) is 0.350. The number of hydrazone groups is 1. The van der Waals surface area contributed by atoms with Gasteiger partial charge in [-0.1, -0.05) is 47.8 Å². The zero-order valence-corrected chi connectivity index (χ0v) is 19.6. The Kier molecular flexibility index (Phi) is 6.93. The van der Waals surface area contributed by atoms with Gasteiger partial charge in [-0.2, -0.15) is 9.41 Å². The summed E-state index contributed by atoms with van der Waals surface area (Å²) in [5.74, 6) is 0. The summed E-state index contributed by atoms with van der Waals surface area (Å²) < 4.78 is 27.1. The molecule has 10 heteroatoms. The molecule has 0 atom stereocenters. The molecule has 2 aromatic carbocycles. The summed E-state index contributed by atoms with van der Waals surface area (Å²) in [6, 6.07) is 12.0. The maximum Gasteiger partial charge on any atom is 0.243 e. The van der Waals surface area contributed by atoms with E-state index in [0.717, 1.165) is 36.1 Å². The molecule has 1 aliphatic heterocycles. The SMILES string of the molecule is O=S(=O)(c1ccc(-c2csc(NN=Cc3ccc(Cl)cc3Cl)n2)cc1)N1CCCCC1. The molecule has 4 rings (SSSR count). The number of hydrogen-bond acceptors (Lipinski definition) is 6. The maximum atomic E-state index is 12.8. The number of sulfonamides is 1. The fraction of sp³-hybridized carbons (Fsp3) is 0.238. The van der Waals surface area contributed by atoms with E-state index >= 15 is 0 Å². The standard InChI is InChI=1S/C21H20Cl2N4O2S2/c22-17-7-4-16(19(23)12-17)13-24-26-21-25-20(14-30-21)15-5-8-18(9-6-15)31(28,29)27-10-2-1-3-11-27/h4-9,12-14H,1-3,10-11H2,(H,25,26). The highest BCUT2D eigenvalue weighted by Gasteiger charge is 2.25. The first-order valence-electron chi connectivity index (χ1n) is 9.74. The van der Waals surface area contributed by atoms with Gasteiger partial charge < -0.3 is 0 Å². The highest BCUT2D eigenvalue weighted by atomic mass is 35.5. The average molecular weight is 495 g/mol. The molecule has 3 aromatic rings. The molecule has 1 N–H and O–H groups in total. The predicted octanol–water partition coefficient (Wildman–Crippen LogP) is 5.74. The second-order valence-corrected chi connectivity index (χ2v) is 10.7. The van der Waals surface area contributed by atoms with Gasteiger partial charge in [0.1, 0.15) is 0 Å². The van der Waals surface area contributed by atoms with E-state index < -0.39 is 10.0 Å². The Morgan fingerprint density at radius 1 is 1.06 bits per heavy atom. The van der Waals surface area contributed by atoms with Gasteiger partial charge in [0.05, 0.1) is 21.8 Å². The molecular formula is C21H20Cl2N4O2S2. The summed E-state index contributed by atoms with van der Waals surface area (Å²) in [6.07, 6.45) is 4.51. The first-order chi connectivity index (χ1) is 14.9. The van der Waals surface area contributed by atoms with Crippen molar-refractivity contribution < 1.29 is 8.42 Å². The van der Waals surface area contributed by atoms with E-state index in [1.807, 2.05) is 5.38 Å². The summed E-state index contributed by atoms with van der Waals surface area (Å²) in [5, 5.41) is 7.75. The van der Waals surface area contributed by atoms with Gasteiger partial charge in [0.25, 0.3) is 0 Å². The number of rotatable bonds is 6. The van der Waals surface area contributed by atoms with E-state index in [1.165, 1.54) is 11.3 Å². The molecule has 1 saturated heterocycles. The van der Waals surface area contributed by atoms with Gasteiger partial charge >= 0.3 is 0 Å². The third-order valence-corrected chi connectivity index (χ3v) is 8.16. The molecule has 0 aliphatic carbocycles. The first kappa shape index (κ1) is 22.2. The molecule has 0 amide bonds. The van der Waals surface area contributed by atoms with E-state index in [2.05, 4.69) is 15.5 Å². The number of nitrogens with zero attached hydrogens (tertiary/aromatic N) is 3. The van der Waals surface area contributed by atoms with Crippen LogP contribution >= 0.6 is 34.5 Å². The molecule has 0 spiro atoms. The summed E-state index contributed by atoms with van der Waals surface area (Å²) in [7, 11) is -3.44. The average Bonchev–Trinajstić information content (AvgIpc) is 3.25. The van der Waals surface area contributed by atoms with Crippen molar-refractivity contribution in [3.63, 3.8) is 0 Å². The Labute approximate surface area is 195 Å². The van der Waals surface area contributed by atoms with Crippen LogP contribution in [0.2, 0.25) is 10.0 Å². The predicted molar refractivity (Wildman–Crippen MR) is 128 cm³/mol. The van der Waals surface area contributed by atoms with Gasteiger partial charge in [-0.3, -0.25) is 5.43 Å². The molecule has 1 fully saturated rings. The van der Waals surface area contributed by atoms with Crippen LogP contribution in [0.15, 0.2) is 57.8 Å². The molecule has 0 saturated carbocycles. The van der Waals surface area contributed by atoms with Crippen molar-refractivity contribution in [2.24, 2.45) is 5.10 Å². The smallest absolute Gasteiger partial charge is 0.243 e. The number of halogens is 2. The van der Waals surface area contributed by atoms with Crippen molar-refractivity contribution in [3.05, 3.63) is 63.5 Å². The van der Waals surface area contributed by atoms with Crippen molar-refractivity contribution in [1.29, 1.82) is 0 Å². The number of thiazole rings is 1. The third kappa shape index (κ3) is 5.27. The molecule has 162 valence electrons. The lowest BCUT2D eigenvalue weighted by atomic mass is 10.2. The summed E-state index contributed by atoms with van der Waals surface area (Å²) in [5.41, 5.74) is 5.21. The van der Waals surface area contributed by atoms with E-state index in [1.54, 1.807) is 53.0 Å². The fourth-order valence-electron chi connectivity index (χ4n) is 3.27. The van der Waals surface area contributed by atoms with Crippen LogP contribution in [0.1, 0.15) is 24.8 Å². The molecular weight excluding hydrogens is 475 g/mol. The van der Waals surface area contributed by atoms with Crippen molar-refractivity contribution in [2.75, 3.05) is 18.5 Å². The molecule has 0 unspecified atom stereocenters. The summed E-state index contributed by atoms with van der Waals surface area (Å²) >= 11 is 13.4. The van der Waals surface area contributed by atoms with Crippen molar-refractivity contribution in [2.45, 2.75) is 24.2 Å². The Bertz CT molecular complexity index is 1190. The molecule has 1 aromatic heterocycles. The first-order valence-corrected chi connectivity index (χ1v) is 12.8. The van der Waals surface area contributed by atoms with Crippen LogP contribution in [0.5, 0.6) is 0 Å². The molecule has 0 radical (unpaired) electrons. The van der Waals surface area contributed by atoms with Gasteiger partial charge in [-0.15, -0.1) is 11.3 Å². The second kappa shape index (κ2) is 9.67. The molecule has 31 heavy (non-hydrogen) atoms. The lowest BCUT2D eigenvalue weighted by molar-refractivity contribution is 0.346. The van der Waals surface area contributed by atoms with Crippen LogP contribution in [-0.2, 0) is 10.0 Å². The van der Waals surface area contributed by atoms with E-state index in [9.17, 15) is 8.42 Å². The number of nitrogens with one attached hydrogen (secondary N) is 1. The van der Waals surface area contributed by atoms with Gasteiger partial charge in [0.15, 0.2) is 0 Å². The minimum Gasteiger partial charge on any atom is -0.253 e. The van der Waals surface area contributed by atoms with E-state index in [0.29, 0.717) is 33.2 Å². The van der Waals surface area contributed by atoms with Crippen LogP contribution in [-0.4, -0.2) is 37.0 Å². The normalized spacial score (nSPS) is 15.4. The topological polar surface area (TPSA) is 74.7 Å². The molecule has 0 bridgehead atoms. The van der Waals surface area contributed by atoms with Crippen molar-refractivity contribution >= 4 is 55.9 Å². The van der Waals surface area contributed by atoms with Crippen LogP contribution < -0.4 is 5.43 Å². The maximum absolute atomic E-state index is 12.8. The Morgan fingerprint density at radius 2 is 1.81 bits per heavy atom. The van der Waals surface area contributed by atoms with E-state index in [-0.39, 0.29) is 0 Å². The van der Waals surface area contributed by atoms with Crippen LogP contribution in [0.3, 0.4) is 0 Å². The largest absolute Gasteiger partial charge is 0.253 e. The van der Waals surface area contributed by atoms with Crippen molar-refractivity contribution in [3.8, 4) is 11.3 Å². The lowest BCUT2D eigenvalue weighted by Crippen LogP contribution is -2.35. The summed E-state index contributed by atoms with van der Waals surface area (Å²) in [4.78, 5) is 4.83. The van der Waals surface area contributed by atoms with Crippen LogP contribution in [0.4, 0.5) is 5.13 Å². The van der Waals surface area contributed by atoms with E-state index in [4.69, 9.17) is 23.2 Å². The second-order valence-electron chi connectivity index (χ2n) is 7.06. The minimum atomic E-state index is -3.44. The van der Waals surface area contributed by atoms with Gasteiger partial charge in [0, 0.05) is 34.6 Å². The van der Waals surface area contributed by atoms with Gasteiger partial charge in [-0.25, -0.2) is 13.4 Å². The third-order valence-electron chi connectivity index (χ3n) is 4.93. The zero-order chi connectivity index (χ0) is 21.8. The number of piperidine rings is 1. The van der Waals surface area contributed by atoms with Crippen LogP contribution in [0, 0.1) is 0 Å². The lowest BCUT2D eigenvalue weighted by Gasteiger charge is -2.25. The van der Waals surface area contributed by atoms with Gasteiger partial charge in [0.2, 0.25) is 15.2 Å². The molecule has 1 aliphatic rings. The molecule has 2 heterocycles. The Morgan fingerprint density at radius 3 is 2.52 bits per heavy atom. The monoisotopic (exact) mass is 494 g/mol. The zero-order valence-electron chi connectivity index (χ0n) is 16.5.